The van der Waals surface area contributed by atoms with Crippen molar-refractivity contribution in [1.82, 2.24) is 0 Å². The minimum Gasteiger partial charge on any atom is -0.507 e. The Bertz CT molecular complexity index is 2640. The standard InChI is InChI=1S/C49H34O/c1-32-38(20-11-21-39(32)42-15-8-9-23-47(42)50)34-24-28-36(29-25-34)48-43-16-4-6-18-45(43)49(46-19-7-5-17-44(46)48)37-30-26-35(27-31-37)41-22-10-13-33-12-2-3-14-40(33)41/h2-31,50H,1H3. The smallest absolute Gasteiger partial charge is 0.123 e. The molecule has 0 aliphatic heterocycles. The fourth-order valence-corrected chi connectivity index (χ4v) is 7.80. The summed E-state index contributed by atoms with van der Waals surface area (Å²) in [5, 5.41) is 18.1. The van der Waals surface area contributed by atoms with E-state index in [0.29, 0.717) is 5.75 Å². The van der Waals surface area contributed by atoms with Gasteiger partial charge >= 0.3 is 0 Å². The van der Waals surface area contributed by atoms with E-state index in [1.807, 2.05) is 18.2 Å². The van der Waals surface area contributed by atoms with Crippen LogP contribution in [-0.4, -0.2) is 5.11 Å². The minimum absolute atomic E-state index is 0.297. The number of aromatic hydroxyl groups is 1. The lowest BCUT2D eigenvalue weighted by Crippen LogP contribution is -1.92. The first-order valence-corrected chi connectivity index (χ1v) is 17.2. The van der Waals surface area contributed by atoms with Crippen molar-refractivity contribution in [2.75, 3.05) is 0 Å². The first-order valence-electron chi connectivity index (χ1n) is 17.2. The highest BCUT2D eigenvalue weighted by atomic mass is 16.3. The molecular weight excluding hydrogens is 605 g/mol. The summed E-state index contributed by atoms with van der Waals surface area (Å²) in [6, 6.07) is 64.8. The van der Waals surface area contributed by atoms with E-state index in [1.165, 1.54) is 65.7 Å². The van der Waals surface area contributed by atoms with Gasteiger partial charge < -0.3 is 5.11 Å². The van der Waals surface area contributed by atoms with Gasteiger partial charge in [0.15, 0.2) is 0 Å². The number of hydrogen-bond donors (Lipinski definition) is 1. The van der Waals surface area contributed by atoms with Gasteiger partial charge in [-0.25, -0.2) is 0 Å². The van der Waals surface area contributed by atoms with Crippen LogP contribution in [0.25, 0.3) is 88.0 Å². The predicted octanol–water partition coefficient (Wildman–Crippen LogP) is 13.5. The van der Waals surface area contributed by atoms with Crippen molar-refractivity contribution in [1.29, 1.82) is 0 Å². The van der Waals surface area contributed by atoms with Crippen LogP contribution < -0.4 is 0 Å². The molecule has 0 amide bonds. The van der Waals surface area contributed by atoms with Crippen molar-refractivity contribution in [2.24, 2.45) is 0 Å². The van der Waals surface area contributed by atoms with E-state index >= 15 is 0 Å². The maximum Gasteiger partial charge on any atom is 0.123 e. The molecule has 0 aliphatic carbocycles. The molecule has 0 bridgehead atoms. The van der Waals surface area contributed by atoms with Crippen molar-refractivity contribution < 1.29 is 5.11 Å². The summed E-state index contributed by atoms with van der Waals surface area (Å²) in [6.07, 6.45) is 0. The van der Waals surface area contributed by atoms with Gasteiger partial charge in [0.1, 0.15) is 5.75 Å². The highest BCUT2D eigenvalue weighted by molar-refractivity contribution is 6.21. The van der Waals surface area contributed by atoms with Crippen molar-refractivity contribution >= 4 is 32.3 Å². The van der Waals surface area contributed by atoms with Gasteiger partial charge in [-0.3, -0.25) is 0 Å². The Labute approximate surface area is 292 Å². The average Bonchev–Trinajstić information content (AvgIpc) is 3.17. The Kier molecular flexibility index (Phi) is 7.25. The fourth-order valence-electron chi connectivity index (χ4n) is 7.80. The van der Waals surface area contributed by atoms with Crippen molar-refractivity contribution in [3.8, 4) is 61.4 Å². The molecule has 0 unspecified atom stereocenters. The number of fused-ring (bicyclic) bond motifs is 3. The molecule has 9 rings (SSSR count). The highest BCUT2D eigenvalue weighted by Crippen LogP contribution is 2.45. The average molecular weight is 639 g/mol. The predicted molar refractivity (Wildman–Crippen MR) is 213 cm³/mol. The molecule has 0 fully saturated rings. The van der Waals surface area contributed by atoms with Gasteiger partial charge in [-0.1, -0.05) is 176 Å². The number of para-hydroxylation sites is 1. The molecule has 9 aromatic carbocycles. The summed E-state index contributed by atoms with van der Waals surface area (Å²) >= 11 is 0. The third kappa shape index (κ3) is 4.95. The van der Waals surface area contributed by atoms with Crippen LogP contribution in [0.15, 0.2) is 182 Å². The zero-order valence-electron chi connectivity index (χ0n) is 27.8. The Morgan fingerprint density at radius 2 is 0.680 bits per heavy atom. The maximum atomic E-state index is 10.6. The Morgan fingerprint density at radius 3 is 1.26 bits per heavy atom. The zero-order chi connectivity index (χ0) is 33.6. The van der Waals surface area contributed by atoms with E-state index in [2.05, 4.69) is 165 Å². The second kappa shape index (κ2) is 12.2. The van der Waals surface area contributed by atoms with Gasteiger partial charge in [0, 0.05) is 5.56 Å². The van der Waals surface area contributed by atoms with Gasteiger partial charge in [-0.05, 0) is 101 Å². The molecule has 1 nitrogen and oxygen atoms in total. The minimum atomic E-state index is 0.297. The van der Waals surface area contributed by atoms with Crippen molar-refractivity contribution in [3.05, 3.63) is 188 Å². The molecule has 9 aromatic rings. The third-order valence-corrected chi connectivity index (χ3v) is 10.2. The second-order valence-electron chi connectivity index (χ2n) is 13.0. The molecule has 236 valence electrons. The van der Waals surface area contributed by atoms with E-state index in [4.69, 9.17) is 0 Å². The van der Waals surface area contributed by atoms with Gasteiger partial charge in [-0.15, -0.1) is 0 Å². The lowest BCUT2D eigenvalue weighted by molar-refractivity contribution is 0.477. The zero-order valence-corrected chi connectivity index (χ0v) is 27.8. The van der Waals surface area contributed by atoms with Gasteiger partial charge in [0.05, 0.1) is 0 Å². The highest BCUT2D eigenvalue weighted by Gasteiger charge is 2.17. The molecule has 0 heterocycles. The van der Waals surface area contributed by atoms with Crippen LogP contribution in [0.2, 0.25) is 0 Å². The number of phenols is 1. The number of rotatable bonds is 5. The molecule has 1 N–H and O–H groups in total. The molecule has 0 spiro atoms. The topological polar surface area (TPSA) is 20.2 Å². The fraction of sp³-hybridized carbons (Fsp3) is 0.0204. The number of phenolic OH excluding ortho intramolecular Hbond substituents is 1. The molecular formula is C49H34O. The van der Waals surface area contributed by atoms with Crippen LogP contribution in [0.1, 0.15) is 5.56 Å². The van der Waals surface area contributed by atoms with Crippen LogP contribution in [0.3, 0.4) is 0 Å². The molecule has 0 aliphatic rings. The third-order valence-electron chi connectivity index (χ3n) is 10.2. The van der Waals surface area contributed by atoms with E-state index < -0.39 is 0 Å². The van der Waals surface area contributed by atoms with Crippen LogP contribution in [0.4, 0.5) is 0 Å². The van der Waals surface area contributed by atoms with Crippen molar-refractivity contribution in [2.45, 2.75) is 6.92 Å². The van der Waals surface area contributed by atoms with E-state index in [1.54, 1.807) is 6.07 Å². The van der Waals surface area contributed by atoms with Gasteiger partial charge in [0.2, 0.25) is 0 Å². The van der Waals surface area contributed by atoms with E-state index in [-0.39, 0.29) is 0 Å². The summed E-state index contributed by atoms with van der Waals surface area (Å²) in [5.74, 6) is 0.297. The van der Waals surface area contributed by atoms with Gasteiger partial charge in [0.25, 0.3) is 0 Å². The molecule has 0 aromatic heterocycles. The monoisotopic (exact) mass is 638 g/mol. The van der Waals surface area contributed by atoms with Crippen LogP contribution in [0, 0.1) is 6.92 Å². The number of hydrogen-bond acceptors (Lipinski definition) is 1. The Balaban J connectivity index is 1.16. The van der Waals surface area contributed by atoms with Gasteiger partial charge in [-0.2, -0.15) is 0 Å². The summed E-state index contributed by atoms with van der Waals surface area (Å²) in [5.41, 5.74) is 12.7. The lowest BCUT2D eigenvalue weighted by Gasteiger charge is -2.18. The van der Waals surface area contributed by atoms with Crippen LogP contribution in [-0.2, 0) is 0 Å². The Morgan fingerprint density at radius 1 is 0.300 bits per heavy atom. The van der Waals surface area contributed by atoms with E-state index in [9.17, 15) is 5.11 Å². The molecule has 0 saturated heterocycles. The Hall–Kier alpha value is -6.44. The van der Waals surface area contributed by atoms with Crippen LogP contribution >= 0.6 is 0 Å². The maximum absolute atomic E-state index is 10.6. The van der Waals surface area contributed by atoms with Crippen LogP contribution in [0.5, 0.6) is 5.75 Å². The molecule has 50 heavy (non-hydrogen) atoms. The molecule has 0 saturated carbocycles. The first-order chi connectivity index (χ1) is 24.7. The summed E-state index contributed by atoms with van der Waals surface area (Å²) < 4.78 is 0. The normalized spacial score (nSPS) is 11.4. The first kappa shape index (κ1) is 29.7. The molecule has 1 heteroatoms. The van der Waals surface area contributed by atoms with E-state index in [0.717, 1.165) is 27.8 Å². The largest absolute Gasteiger partial charge is 0.507 e. The SMILES string of the molecule is Cc1c(-c2ccc(-c3c4ccccc4c(-c4ccc(-c5cccc6ccccc56)cc4)c4ccccc34)cc2)cccc1-c1ccccc1O. The quantitative estimate of drug-likeness (QED) is 0.186. The second-order valence-corrected chi connectivity index (χ2v) is 13.0. The van der Waals surface area contributed by atoms with Crippen molar-refractivity contribution in [3.63, 3.8) is 0 Å². The summed E-state index contributed by atoms with van der Waals surface area (Å²) in [6.45, 7) is 2.14. The number of benzene rings is 9. The summed E-state index contributed by atoms with van der Waals surface area (Å²) in [7, 11) is 0. The summed E-state index contributed by atoms with van der Waals surface area (Å²) in [4.78, 5) is 0. The molecule has 0 radical (unpaired) electrons. The molecule has 0 atom stereocenters. The lowest BCUT2D eigenvalue weighted by atomic mass is 9.85.